The zero-order chi connectivity index (χ0) is 14.4. The molecule has 3 rings (SSSR count). The maximum Gasteiger partial charge on any atom is 0.0596 e. The van der Waals surface area contributed by atoms with Crippen molar-refractivity contribution >= 4 is 0 Å². The second kappa shape index (κ2) is 5.30. The van der Waals surface area contributed by atoms with Gasteiger partial charge in [0.05, 0.1) is 6.10 Å². The normalized spacial score (nSPS) is 51.6. The van der Waals surface area contributed by atoms with E-state index in [2.05, 4.69) is 20.8 Å². The molecule has 0 aromatic carbocycles. The summed E-state index contributed by atoms with van der Waals surface area (Å²) in [6, 6.07) is 0. The average Bonchev–Trinajstić information content (AvgIpc) is 2.73. The third-order valence-corrected chi connectivity index (χ3v) is 7.67. The van der Waals surface area contributed by atoms with Crippen LogP contribution in [0, 0.1) is 28.6 Å². The summed E-state index contributed by atoms with van der Waals surface area (Å²) in [5.41, 5.74) is 0.859. The van der Waals surface area contributed by atoms with E-state index in [1.54, 1.807) is 0 Å². The van der Waals surface area contributed by atoms with E-state index in [-0.39, 0.29) is 11.5 Å². The van der Waals surface area contributed by atoms with Gasteiger partial charge >= 0.3 is 0 Å². The van der Waals surface area contributed by atoms with Crippen LogP contribution in [0.2, 0.25) is 0 Å². The van der Waals surface area contributed by atoms with Crippen molar-refractivity contribution in [2.75, 3.05) is 0 Å². The number of unbranched alkanes of at least 4 members (excludes halogenated alkanes) is 1. The van der Waals surface area contributed by atoms with Crippen LogP contribution in [0.4, 0.5) is 0 Å². The first kappa shape index (κ1) is 14.9. The maximum absolute atomic E-state index is 10.4. The highest BCUT2D eigenvalue weighted by Gasteiger charge is 2.57. The number of fused-ring (bicyclic) bond motifs is 3. The van der Waals surface area contributed by atoms with Crippen LogP contribution in [0.5, 0.6) is 0 Å². The molecule has 1 N–H and O–H groups in total. The number of aliphatic hydroxyl groups excluding tert-OH is 1. The molecule has 3 aliphatic carbocycles. The van der Waals surface area contributed by atoms with Crippen molar-refractivity contribution in [3.05, 3.63) is 0 Å². The second-order valence-electron chi connectivity index (χ2n) is 8.66. The largest absolute Gasteiger partial charge is 0.393 e. The fourth-order valence-corrected chi connectivity index (χ4v) is 6.35. The molecule has 3 fully saturated rings. The second-order valence-corrected chi connectivity index (χ2v) is 8.66. The highest BCUT2D eigenvalue weighted by molar-refractivity contribution is 5.06. The van der Waals surface area contributed by atoms with E-state index in [9.17, 15) is 5.11 Å². The summed E-state index contributed by atoms with van der Waals surface area (Å²) in [7, 11) is 0. The van der Waals surface area contributed by atoms with Gasteiger partial charge in [-0.2, -0.15) is 0 Å². The summed E-state index contributed by atoms with van der Waals surface area (Å²) in [6.07, 6.45) is 13.5. The lowest BCUT2D eigenvalue weighted by atomic mass is 9.49. The SMILES string of the molecule is CCCC[C@@]1(C)CCC[C@@H]2[C@@H]1CC[C@]1(C)[C@@H](O)CC[C@@H]21. The topological polar surface area (TPSA) is 20.2 Å². The summed E-state index contributed by atoms with van der Waals surface area (Å²) < 4.78 is 0. The fourth-order valence-electron chi connectivity index (χ4n) is 6.35. The van der Waals surface area contributed by atoms with E-state index in [4.69, 9.17) is 0 Å². The Morgan fingerprint density at radius 2 is 1.80 bits per heavy atom. The third kappa shape index (κ3) is 2.16. The van der Waals surface area contributed by atoms with Gasteiger partial charge in [-0.15, -0.1) is 0 Å². The summed E-state index contributed by atoms with van der Waals surface area (Å²) >= 11 is 0. The molecule has 3 aliphatic rings. The van der Waals surface area contributed by atoms with E-state index < -0.39 is 0 Å². The molecule has 0 bridgehead atoms. The Bertz CT molecular complexity index is 352. The first-order valence-corrected chi connectivity index (χ1v) is 9.19. The zero-order valence-corrected chi connectivity index (χ0v) is 13.8. The predicted molar refractivity (Wildman–Crippen MR) is 84.5 cm³/mol. The third-order valence-electron chi connectivity index (χ3n) is 7.67. The quantitative estimate of drug-likeness (QED) is 0.755. The van der Waals surface area contributed by atoms with Crippen LogP contribution < -0.4 is 0 Å². The van der Waals surface area contributed by atoms with Crippen LogP contribution in [0.15, 0.2) is 0 Å². The molecular formula is C19H34O. The lowest BCUT2D eigenvalue weighted by Crippen LogP contribution is -2.49. The molecule has 0 aromatic heterocycles. The molecular weight excluding hydrogens is 244 g/mol. The highest BCUT2D eigenvalue weighted by Crippen LogP contribution is 2.63. The Kier molecular flexibility index (Phi) is 3.95. The average molecular weight is 278 g/mol. The van der Waals surface area contributed by atoms with Gasteiger partial charge in [0.25, 0.3) is 0 Å². The lowest BCUT2D eigenvalue weighted by Gasteiger charge is -2.56. The Hall–Kier alpha value is -0.0400. The van der Waals surface area contributed by atoms with Crippen molar-refractivity contribution in [3.63, 3.8) is 0 Å². The van der Waals surface area contributed by atoms with Gasteiger partial charge in [-0.05, 0) is 73.5 Å². The van der Waals surface area contributed by atoms with Crippen LogP contribution in [0.25, 0.3) is 0 Å². The summed E-state index contributed by atoms with van der Waals surface area (Å²) in [5.74, 6) is 2.69. The van der Waals surface area contributed by atoms with E-state index >= 15 is 0 Å². The van der Waals surface area contributed by atoms with Crippen molar-refractivity contribution in [3.8, 4) is 0 Å². The van der Waals surface area contributed by atoms with Crippen molar-refractivity contribution in [2.24, 2.45) is 28.6 Å². The molecule has 6 atom stereocenters. The Labute approximate surface area is 125 Å². The number of rotatable bonds is 3. The Morgan fingerprint density at radius 1 is 1.00 bits per heavy atom. The van der Waals surface area contributed by atoms with Gasteiger partial charge < -0.3 is 5.11 Å². The van der Waals surface area contributed by atoms with Crippen LogP contribution in [0.1, 0.15) is 85.0 Å². The first-order chi connectivity index (χ1) is 9.51. The van der Waals surface area contributed by atoms with Gasteiger partial charge in [-0.1, -0.05) is 40.0 Å². The number of aliphatic hydroxyl groups is 1. The molecule has 0 amide bonds. The van der Waals surface area contributed by atoms with Crippen LogP contribution in [-0.4, -0.2) is 11.2 Å². The maximum atomic E-state index is 10.4. The monoisotopic (exact) mass is 278 g/mol. The highest BCUT2D eigenvalue weighted by atomic mass is 16.3. The van der Waals surface area contributed by atoms with Gasteiger partial charge in [-0.3, -0.25) is 0 Å². The van der Waals surface area contributed by atoms with E-state index in [1.807, 2.05) is 0 Å². The molecule has 0 unspecified atom stereocenters. The standard InChI is InChI=1S/C19H34O/c1-4-5-11-18(2)12-6-7-14-15(18)10-13-19(3)16(14)8-9-17(19)20/h14-17,20H,4-13H2,1-3H3/t14-,15+,16+,17+,18+,19+/m1/s1. The fraction of sp³-hybridized carbons (Fsp3) is 1.00. The molecule has 0 radical (unpaired) electrons. The van der Waals surface area contributed by atoms with Gasteiger partial charge in [-0.25, -0.2) is 0 Å². The molecule has 0 aromatic rings. The molecule has 0 aliphatic heterocycles. The van der Waals surface area contributed by atoms with Crippen LogP contribution >= 0.6 is 0 Å². The van der Waals surface area contributed by atoms with Crippen LogP contribution in [-0.2, 0) is 0 Å². The van der Waals surface area contributed by atoms with Gasteiger partial charge in [0.15, 0.2) is 0 Å². The zero-order valence-electron chi connectivity index (χ0n) is 13.8. The minimum absolute atomic E-state index is 0.0164. The number of hydrogen-bond acceptors (Lipinski definition) is 1. The predicted octanol–water partition coefficient (Wildman–Crippen LogP) is 5.17. The Balaban J connectivity index is 1.81. The Morgan fingerprint density at radius 3 is 2.55 bits per heavy atom. The molecule has 116 valence electrons. The minimum atomic E-state index is -0.0164. The van der Waals surface area contributed by atoms with Crippen molar-refractivity contribution < 1.29 is 5.11 Å². The van der Waals surface area contributed by atoms with Gasteiger partial charge in [0.2, 0.25) is 0 Å². The van der Waals surface area contributed by atoms with E-state index in [0.717, 1.165) is 24.2 Å². The van der Waals surface area contributed by atoms with Crippen LogP contribution in [0.3, 0.4) is 0 Å². The first-order valence-electron chi connectivity index (χ1n) is 9.19. The van der Waals surface area contributed by atoms with Crippen molar-refractivity contribution in [1.82, 2.24) is 0 Å². The molecule has 3 saturated carbocycles. The minimum Gasteiger partial charge on any atom is -0.393 e. The van der Waals surface area contributed by atoms with E-state index in [1.165, 1.54) is 57.8 Å². The lowest BCUT2D eigenvalue weighted by molar-refractivity contribution is -0.0890. The van der Waals surface area contributed by atoms with E-state index in [0.29, 0.717) is 5.41 Å². The van der Waals surface area contributed by atoms with Crippen molar-refractivity contribution in [1.29, 1.82) is 0 Å². The van der Waals surface area contributed by atoms with Gasteiger partial charge in [0, 0.05) is 0 Å². The molecule has 0 heterocycles. The smallest absolute Gasteiger partial charge is 0.0596 e. The summed E-state index contributed by atoms with van der Waals surface area (Å²) in [6.45, 7) is 7.31. The summed E-state index contributed by atoms with van der Waals surface area (Å²) in [4.78, 5) is 0. The van der Waals surface area contributed by atoms with Gasteiger partial charge in [0.1, 0.15) is 0 Å². The number of hydrogen-bond donors (Lipinski definition) is 1. The molecule has 0 saturated heterocycles. The molecule has 0 spiro atoms. The molecule has 1 heteroatoms. The molecule has 20 heavy (non-hydrogen) atoms. The van der Waals surface area contributed by atoms with Crippen molar-refractivity contribution in [2.45, 2.75) is 91.1 Å². The summed E-state index contributed by atoms with van der Waals surface area (Å²) in [5, 5.41) is 10.4. The molecule has 1 nitrogen and oxygen atoms in total.